The Labute approximate surface area is 151 Å². The predicted molar refractivity (Wildman–Crippen MR) is 102 cm³/mol. The van der Waals surface area contributed by atoms with E-state index in [4.69, 9.17) is 0 Å². The molecule has 2 aromatic carbocycles. The van der Waals surface area contributed by atoms with E-state index in [1.54, 1.807) is 6.92 Å². The van der Waals surface area contributed by atoms with Crippen molar-refractivity contribution in [1.29, 1.82) is 0 Å². The molecule has 0 aliphatic carbocycles. The fraction of sp³-hybridized carbons (Fsp3) is 0.409. The zero-order chi connectivity index (χ0) is 18.2. The van der Waals surface area contributed by atoms with Crippen molar-refractivity contribution in [2.75, 3.05) is 0 Å². The molecular formula is C22H29NO2. The molecule has 0 saturated carbocycles. The zero-order valence-electron chi connectivity index (χ0n) is 15.4. The van der Waals surface area contributed by atoms with E-state index >= 15 is 0 Å². The first-order valence-corrected chi connectivity index (χ1v) is 8.96. The maximum Gasteiger partial charge on any atom is 0.132 e. The molecular weight excluding hydrogens is 310 g/mol. The van der Waals surface area contributed by atoms with Gasteiger partial charge in [0, 0.05) is 25.6 Å². The molecule has 2 atom stereocenters. The summed E-state index contributed by atoms with van der Waals surface area (Å²) in [5, 5.41) is 10.7. The summed E-state index contributed by atoms with van der Waals surface area (Å²) < 4.78 is 0. The molecule has 0 fully saturated rings. The minimum Gasteiger partial charge on any atom is -0.391 e. The van der Waals surface area contributed by atoms with Crippen molar-refractivity contribution < 1.29 is 9.90 Å². The molecule has 3 heteroatoms. The Morgan fingerprint density at radius 3 is 1.72 bits per heavy atom. The van der Waals surface area contributed by atoms with E-state index in [2.05, 4.69) is 43.0 Å². The van der Waals surface area contributed by atoms with Crippen LogP contribution in [0.4, 0.5) is 0 Å². The first-order valence-electron chi connectivity index (χ1n) is 8.96. The van der Waals surface area contributed by atoms with Gasteiger partial charge in [0.1, 0.15) is 5.78 Å². The fourth-order valence-electron chi connectivity index (χ4n) is 3.43. The number of hydrogen-bond acceptors (Lipinski definition) is 3. The van der Waals surface area contributed by atoms with Gasteiger partial charge < -0.3 is 5.11 Å². The van der Waals surface area contributed by atoms with Crippen LogP contribution in [0.1, 0.15) is 38.3 Å². The van der Waals surface area contributed by atoms with E-state index in [1.165, 1.54) is 11.1 Å². The number of Topliss-reactive ketones (excluding diaryl/α,β-unsaturated/α-hetero) is 1. The van der Waals surface area contributed by atoms with Crippen molar-refractivity contribution in [3.63, 3.8) is 0 Å². The summed E-state index contributed by atoms with van der Waals surface area (Å²) in [7, 11) is 0. The largest absolute Gasteiger partial charge is 0.391 e. The van der Waals surface area contributed by atoms with E-state index < -0.39 is 6.10 Å². The van der Waals surface area contributed by atoms with Gasteiger partial charge in [-0.3, -0.25) is 9.69 Å². The molecule has 0 bridgehead atoms. The molecule has 0 aliphatic heterocycles. The summed E-state index contributed by atoms with van der Waals surface area (Å²) in [6.07, 6.45) is -0.465. The molecule has 1 N–H and O–H groups in total. The van der Waals surface area contributed by atoms with Gasteiger partial charge in [-0.05, 0) is 24.0 Å². The van der Waals surface area contributed by atoms with E-state index in [9.17, 15) is 9.90 Å². The SMILES string of the molecule is CC(=O)C[C@@H](O)[C@H](C(C)C)N(Cc1ccccc1)Cc1ccccc1. The number of carbonyl (C=O) groups excluding carboxylic acids is 1. The summed E-state index contributed by atoms with van der Waals surface area (Å²) in [5.74, 6) is 0.263. The molecule has 3 nitrogen and oxygen atoms in total. The third-order valence-corrected chi connectivity index (χ3v) is 4.45. The molecule has 0 radical (unpaired) electrons. The molecule has 2 aromatic rings. The van der Waals surface area contributed by atoms with Gasteiger partial charge in [-0.2, -0.15) is 0 Å². The van der Waals surface area contributed by atoms with Crippen molar-refractivity contribution >= 4 is 5.78 Å². The van der Waals surface area contributed by atoms with E-state index in [0.29, 0.717) is 0 Å². The van der Waals surface area contributed by atoms with Gasteiger partial charge in [-0.25, -0.2) is 0 Å². The summed E-state index contributed by atoms with van der Waals surface area (Å²) in [6, 6.07) is 20.5. The van der Waals surface area contributed by atoms with E-state index in [-0.39, 0.29) is 24.2 Å². The molecule has 2 rings (SSSR count). The number of hydrogen-bond donors (Lipinski definition) is 1. The lowest BCUT2D eigenvalue weighted by atomic mass is 9.92. The highest BCUT2D eigenvalue weighted by Crippen LogP contribution is 2.22. The van der Waals surface area contributed by atoms with Crippen LogP contribution in [0.3, 0.4) is 0 Å². The number of carbonyl (C=O) groups is 1. The second kappa shape index (κ2) is 9.50. The zero-order valence-corrected chi connectivity index (χ0v) is 15.4. The Kier molecular flexibility index (Phi) is 7.35. The van der Waals surface area contributed by atoms with Crippen LogP contribution in [0, 0.1) is 5.92 Å². The number of benzene rings is 2. The second-order valence-corrected chi connectivity index (χ2v) is 7.08. The second-order valence-electron chi connectivity index (χ2n) is 7.08. The van der Waals surface area contributed by atoms with Crippen LogP contribution in [0.25, 0.3) is 0 Å². The first kappa shape index (κ1) is 19.4. The minimum absolute atomic E-state index is 0.0255. The molecule has 0 heterocycles. The van der Waals surface area contributed by atoms with Crippen molar-refractivity contribution in [2.24, 2.45) is 5.92 Å². The highest BCUT2D eigenvalue weighted by Gasteiger charge is 2.30. The summed E-state index contributed by atoms with van der Waals surface area (Å²) in [5.41, 5.74) is 2.42. The average Bonchev–Trinajstić information content (AvgIpc) is 2.55. The third kappa shape index (κ3) is 6.11. The highest BCUT2D eigenvalue weighted by atomic mass is 16.3. The molecule has 0 aliphatic rings. The van der Waals surface area contributed by atoms with Gasteiger partial charge in [0.25, 0.3) is 0 Å². The Hall–Kier alpha value is -1.97. The summed E-state index contributed by atoms with van der Waals surface area (Å²) in [6.45, 7) is 7.24. The van der Waals surface area contributed by atoms with Crippen LogP contribution in [0.2, 0.25) is 0 Å². The quantitative estimate of drug-likeness (QED) is 0.749. The summed E-state index contributed by atoms with van der Waals surface area (Å²) >= 11 is 0. The van der Waals surface area contributed by atoms with E-state index in [1.807, 2.05) is 36.4 Å². The number of aliphatic hydroxyl groups is 1. The predicted octanol–water partition coefficient (Wildman–Crippen LogP) is 4.05. The van der Waals surface area contributed by atoms with Gasteiger partial charge in [-0.1, -0.05) is 74.5 Å². The van der Waals surface area contributed by atoms with Crippen LogP contribution in [0.15, 0.2) is 60.7 Å². The average molecular weight is 339 g/mol. The van der Waals surface area contributed by atoms with Gasteiger partial charge in [0.05, 0.1) is 6.10 Å². The maximum atomic E-state index is 11.5. The Morgan fingerprint density at radius 1 is 0.920 bits per heavy atom. The molecule has 0 unspecified atom stereocenters. The van der Waals surface area contributed by atoms with Crippen LogP contribution in [0.5, 0.6) is 0 Å². The fourth-order valence-corrected chi connectivity index (χ4v) is 3.43. The lowest BCUT2D eigenvalue weighted by Gasteiger charge is -2.37. The first-order chi connectivity index (χ1) is 12.0. The molecule has 134 valence electrons. The minimum atomic E-state index is -0.662. The summed E-state index contributed by atoms with van der Waals surface area (Å²) in [4.78, 5) is 13.8. The normalized spacial score (nSPS) is 13.8. The van der Waals surface area contributed by atoms with Crippen molar-refractivity contribution in [1.82, 2.24) is 4.90 Å². The highest BCUT2D eigenvalue weighted by molar-refractivity contribution is 5.76. The number of rotatable bonds is 9. The molecule has 0 saturated heterocycles. The lowest BCUT2D eigenvalue weighted by molar-refractivity contribution is -0.120. The molecule has 0 spiro atoms. The Balaban J connectivity index is 2.27. The number of ketones is 1. The smallest absolute Gasteiger partial charge is 0.132 e. The van der Waals surface area contributed by atoms with Crippen molar-refractivity contribution in [2.45, 2.75) is 52.4 Å². The maximum absolute atomic E-state index is 11.5. The monoisotopic (exact) mass is 339 g/mol. The van der Waals surface area contributed by atoms with Gasteiger partial charge in [0.15, 0.2) is 0 Å². The van der Waals surface area contributed by atoms with Gasteiger partial charge in [0.2, 0.25) is 0 Å². The lowest BCUT2D eigenvalue weighted by Crippen LogP contribution is -2.47. The van der Waals surface area contributed by atoms with E-state index in [0.717, 1.165) is 13.1 Å². The van der Waals surface area contributed by atoms with Crippen LogP contribution in [-0.2, 0) is 17.9 Å². The molecule has 0 amide bonds. The standard InChI is InChI=1S/C22H29NO2/c1-17(2)22(21(25)14-18(3)24)23(15-19-10-6-4-7-11-19)16-20-12-8-5-9-13-20/h4-13,17,21-22,25H,14-16H2,1-3H3/t21-,22+/m1/s1. The number of aliphatic hydroxyl groups excluding tert-OH is 1. The van der Waals surface area contributed by atoms with Crippen molar-refractivity contribution in [3.05, 3.63) is 71.8 Å². The number of nitrogens with zero attached hydrogens (tertiary/aromatic N) is 1. The van der Waals surface area contributed by atoms with Crippen LogP contribution in [-0.4, -0.2) is 27.9 Å². The molecule has 25 heavy (non-hydrogen) atoms. The van der Waals surface area contributed by atoms with Crippen LogP contribution < -0.4 is 0 Å². The Morgan fingerprint density at radius 2 is 1.36 bits per heavy atom. The Bertz CT molecular complexity index is 598. The van der Waals surface area contributed by atoms with Crippen LogP contribution >= 0.6 is 0 Å². The van der Waals surface area contributed by atoms with Crippen molar-refractivity contribution in [3.8, 4) is 0 Å². The third-order valence-electron chi connectivity index (χ3n) is 4.45. The molecule has 0 aromatic heterocycles. The van der Waals surface area contributed by atoms with Gasteiger partial charge in [-0.15, -0.1) is 0 Å². The topological polar surface area (TPSA) is 40.5 Å². The van der Waals surface area contributed by atoms with Gasteiger partial charge >= 0.3 is 0 Å².